The summed E-state index contributed by atoms with van der Waals surface area (Å²) in [6.07, 6.45) is 0. The number of carbonyl (C=O) groups excluding carboxylic acids is 3. The van der Waals surface area contributed by atoms with Crippen LogP contribution in [0, 0.1) is 12.7 Å². The first kappa shape index (κ1) is 22.6. The molecule has 2 aromatic rings. The van der Waals surface area contributed by atoms with Crippen LogP contribution >= 0.6 is 0 Å². The van der Waals surface area contributed by atoms with E-state index in [0.29, 0.717) is 5.56 Å². The summed E-state index contributed by atoms with van der Waals surface area (Å²) in [5.74, 6) is -3.82. The number of amidine groups is 1. The Kier molecular flexibility index (Phi) is 6.05. The molecule has 1 aliphatic rings. The van der Waals surface area contributed by atoms with Crippen molar-refractivity contribution in [1.29, 1.82) is 0 Å². The van der Waals surface area contributed by atoms with Crippen molar-refractivity contribution in [3.8, 4) is 0 Å². The Hall–Kier alpha value is -4.09. The summed E-state index contributed by atoms with van der Waals surface area (Å²) in [6, 6.07) is 5.48. The van der Waals surface area contributed by atoms with E-state index in [9.17, 15) is 23.9 Å². The molecule has 32 heavy (non-hydrogen) atoms. The van der Waals surface area contributed by atoms with Crippen LogP contribution in [0.3, 0.4) is 0 Å². The highest BCUT2D eigenvalue weighted by molar-refractivity contribution is 6.46. The monoisotopic (exact) mass is 444 g/mol. The standard InChI is InChI=1S/C20H21FN6O5/c1-10-25-26-17(32-10)16(30)24-20(2,3)19-23-13(14(28)18(31)27(19)4)15(29)22-9-11-5-7-12(21)8-6-11/h5-8,22,29H,9H2,1-4H3,(H,24,30)/b15-13-. The number of aliphatic hydroxyl groups excluding tert-OH is 1. The van der Waals surface area contributed by atoms with Crippen molar-refractivity contribution in [1.82, 2.24) is 25.7 Å². The van der Waals surface area contributed by atoms with E-state index in [1.54, 1.807) is 13.8 Å². The summed E-state index contributed by atoms with van der Waals surface area (Å²) in [5, 5.41) is 22.8. The zero-order chi connectivity index (χ0) is 23.6. The third kappa shape index (κ3) is 4.63. The van der Waals surface area contributed by atoms with Crippen molar-refractivity contribution in [2.75, 3.05) is 7.05 Å². The Morgan fingerprint density at radius 1 is 1.22 bits per heavy atom. The van der Waals surface area contributed by atoms with Crippen molar-refractivity contribution in [3.05, 3.63) is 59.0 Å². The maximum absolute atomic E-state index is 13.0. The van der Waals surface area contributed by atoms with E-state index in [0.717, 1.165) is 4.90 Å². The number of rotatable bonds is 6. The third-order valence-corrected chi connectivity index (χ3v) is 4.55. The van der Waals surface area contributed by atoms with E-state index in [1.807, 2.05) is 0 Å². The molecule has 0 atom stereocenters. The van der Waals surface area contributed by atoms with E-state index in [4.69, 9.17) is 4.42 Å². The molecule has 168 valence electrons. The Labute approximate surface area is 182 Å². The zero-order valence-corrected chi connectivity index (χ0v) is 17.8. The fourth-order valence-electron chi connectivity index (χ4n) is 2.95. The van der Waals surface area contributed by atoms with Crippen LogP contribution in [0.25, 0.3) is 0 Å². The lowest BCUT2D eigenvalue weighted by Gasteiger charge is -2.34. The van der Waals surface area contributed by atoms with Crippen molar-refractivity contribution < 1.29 is 28.3 Å². The van der Waals surface area contributed by atoms with Gasteiger partial charge < -0.3 is 20.2 Å². The van der Waals surface area contributed by atoms with Crippen LogP contribution in [0.1, 0.15) is 36.0 Å². The Morgan fingerprint density at radius 2 is 1.88 bits per heavy atom. The predicted octanol–water partition coefficient (Wildman–Crippen LogP) is 0.982. The number of carbonyl (C=O) groups is 3. The first-order valence-electron chi connectivity index (χ1n) is 9.45. The molecule has 1 aliphatic heterocycles. The fourth-order valence-corrected chi connectivity index (χ4v) is 2.95. The van der Waals surface area contributed by atoms with Crippen LogP contribution in [-0.2, 0) is 16.1 Å². The molecule has 12 heteroatoms. The van der Waals surface area contributed by atoms with E-state index in [2.05, 4.69) is 25.8 Å². The van der Waals surface area contributed by atoms with Crippen molar-refractivity contribution in [2.45, 2.75) is 32.9 Å². The van der Waals surface area contributed by atoms with Gasteiger partial charge in [0, 0.05) is 20.5 Å². The highest BCUT2D eigenvalue weighted by Gasteiger charge is 2.41. The van der Waals surface area contributed by atoms with Gasteiger partial charge in [-0.2, -0.15) is 0 Å². The second-order valence-corrected chi connectivity index (χ2v) is 7.51. The SMILES string of the molecule is Cc1nnc(C(=O)NC(C)(C)C2=N/C(=C(\O)NCc3ccc(F)cc3)C(=O)C(=O)N2C)o1. The van der Waals surface area contributed by atoms with Gasteiger partial charge in [-0.3, -0.25) is 19.3 Å². The van der Waals surface area contributed by atoms with Crippen LogP contribution in [0.2, 0.25) is 0 Å². The summed E-state index contributed by atoms with van der Waals surface area (Å²) in [6.45, 7) is 4.67. The van der Waals surface area contributed by atoms with Crippen LogP contribution < -0.4 is 10.6 Å². The largest absolute Gasteiger partial charge is 0.493 e. The molecule has 11 nitrogen and oxygen atoms in total. The number of hydrogen-bond donors (Lipinski definition) is 3. The third-order valence-electron chi connectivity index (χ3n) is 4.55. The minimum Gasteiger partial charge on any atom is -0.493 e. The van der Waals surface area contributed by atoms with E-state index in [1.165, 1.54) is 38.2 Å². The van der Waals surface area contributed by atoms with Gasteiger partial charge in [0.15, 0.2) is 5.70 Å². The molecule has 0 saturated carbocycles. The van der Waals surface area contributed by atoms with Gasteiger partial charge in [0.25, 0.3) is 5.78 Å². The lowest BCUT2D eigenvalue weighted by Crippen LogP contribution is -2.59. The first-order valence-corrected chi connectivity index (χ1v) is 9.45. The minimum absolute atomic E-state index is 0.00294. The van der Waals surface area contributed by atoms with Gasteiger partial charge in [0.05, 0.1) is 5.54 Å². The maximum Gasteiger partial charge on any atom is 0.309 e. The number of hydrogen-bond acceptors (Lipinski definition) is 9. The fraction of sp³-hybridized carbons (Fsp3) is 0.300. The number of aliphatic imine (C=N–C) groups is 1. The number of halogens is 1. The Morgan fingerprint density at radius 3 is 2.47 bits per heavy atom. The molecule has 0 bridgehead atoms. The average Bonchev–Trinajstić information content (AvgIpc) is 3.17. The number of aryl methyl sites for hydroxylation is 1. The van der Waals surface area contributed by atoms with Gasteiger partial charge in [-0.25, -0.2) is 9.38 Å². The van der Waals surface area contributed by atoms with Gasteiger partial charge >= 0.3 is 17.7 Å². The van der Waals surface area contributed by atoms with Crippen molar-refractivity contribution in [2.24, 2.45) is 4.99 Å². The van der Waals surface area contributed by atoms with Gasteiger partial charge in [-0.05, 0) is 31.5 Å². The molecule has 0 radical (unpaired) electrons. The molecular formula is C20H21FN6O5. The van der Waals surface area contributed by atoms with E-state index in [-0.39, 0.29) is 24.2 Å². The van der Waals surface area contributed by atoms with E-state index < -0.39 is 40.5 Å². The smallest absolute Gasteiger partial charge is 0.309 e. The summed E-state index contributed by atoms with van der Waals surface area (Å²) in [7, 11) is 1.32. The number of amides is 2. The molecule has 3 N–H and O–H groups in total. The number of aromatic nitrogens is 2. The van der Waals surface area contributed by atoms with Crippen molar-refractivity contribution >= 4 is 23.4 Å². The minimum atomic E-state index is -1.27. The predicted molar refractivity (Wildman–Crippen MR) is 109 cm³/mol. The molecule has 1 aromatic carbocycles. The maximum atomic E-state index is 13.0. The number of benzene rings is 1. The van der Waals surface area contributed by atoms with Crippen LogP contribution in [0.4, 0.5) is 4.39 Å². The molecular weight excluding hydrogens is 423 g/mol. The van der Waals surface area contributed by atoms with Crippen LogP contribution in [0.15, 0.2) is 45.3 Å². The van der Waals surface area contributed by atoms with Gasteiger partial charge in [0.2, 0.25) is 11.8 Å². The van der Waals surface area contributed by atoms with Crippen molar-refractivity contribution in [3.63, 3.8) is 0 Å². The van der Waals surface area contributed by atoms with E-state index >= 15 is 0 Å². The lowest BCUT2D eigenvalue weighted by molar-refractivity contribution is -0.140. The quantitative estimate of drug-likeness (QED) is 0.339. The first-order chi connectivity index (χ1) is 15.0. The van der Waals surface area contributed by atoms with Gasteiger partial charge in [-0.15, -0.1) is 10.2 Å². The van der Waals surface area contributed by atoms with Crippen LogP contribution in [0.5, 0.6) is 0 Å². The zero-order valence-electron chi connectivity index (χ0n) is 17.8. The van der Waals surface area contributed by atoms with Gasteiger partial charge in [0.1, 0.15) is 11.7 Å². The average molecular weight is 444 g/mol. The summed E-state index contributed by atoms with van der Waals surface area (Å²) < 4.78 is 18.1. The summed E-state index contributed by atoms with van der Waals surface area (Å²) in [4.78, 5) is 42.5. The lowest BCUT2D eigenvalue weighted by atomic mass is 10.00. The number of ketones is 1. The molecule has 1 aromatic heterocycles. The topological polar surface area (TPSA) is 150 Å². The second kappa shape index (κ2) is 8.57. The highest BCUT2D eigenvalue weighted by Crippen LogP contribution is 2.20. The molecule has 0 fully saturated rings. The molecule has 0 spiro atoms. The molecule has 0 aliphatic carbocycles. The Bertz CT molecular complexity index is 1140. The number of likely N-dealkylation sites (N-methyl/N-ethyl adjacent to an activating group) is 1. The molecule has 3 rings (SSSR count). The molecule has 2 amide bonds. The number of Topliss-reactive ketones (excluding diaryl/α,β-unsaturated/α-hetero) is 1. The van der Waals surface area contributed by atoms with Gasteiger partial charge in [-0.1, -0.05) is 12.1 Å². The van der Waals surface area contributed by atoms with Crippen LogP contribution in [-0.4, -0.2) is 56.2 Å². The molecule has 0 saturated heterocycles. The Balaban J connectivity index is 1.87. The summed E-state index contributed by atoms with van der Waals surface area (Å²) >= 11 is 0. The molecule has 0 unspecified atom stereocenters. The molecule has 2 heterocycles. The number of nitrogens with zero attached hydrogens (tertiary/aromatic N) is 4. The number of nitrogens with one attached hydrogen (secondary N) is 2. The normalized spacial score (nSPS) is 16.0. The number of aliphatic hydroxyl groups is 1. The highest BCUT2D eigenvalue weighted by atomic mass is 19.1. The second-order valence-electron chi connectivity index (χ2n) is 7.51. The summed E-state index contributed by atoms with van der Waals surface area (Å²) in [5.41, 5.74) is -1.16.